The Morgan fingerprint density at radius 2 is 1.07 bits per heavy atom. The highest BCUT2D eigenvalue weighted by atomic mass is 17.1. The Hall–Kier alpha value is -8.74. The van der Waals surface area contributed by atoms with Gasteiger partial charge in [0.2, 0.25) is 5.91 Å². The van der Waals surface area contributed by atoms with Gasteiger partial charge >= 0.3 is 53.7 Å². The highest BCUT2D eigenvalue weighted by Gasteiger charge is 2.57. The van der Waals surface area contributed by atoms with Crippen molar-refractivity contribution in [1.29, 1.82) is 0 Å². The summed E-state index contributed by atoms with van der Waals surface area (Å²) in [6, 6.07) is 8.90. The van der Waals surface area contributed by atoms with Crippen molar-refractivity contribution in [2.24, 2.45) is 5.92 Å². The molecule has 3 saturated heterocycles. The predicted octanol–water partition coefficient (Wildman–Crippen LogP) is 9.87. The van der Waals surface area contributed by atoms with E-state index in [2.05, 4.69) is 78.1 Å². The predicted molar refractivity (Wildman–Crippen MR) is 482 cm³/mol. The monoisotopic (exact) mass is 1800 g/mol. The molecule has 2 radical (unpaired) electrons. The van der Waals surface area contributed by atoms with Crippen molar-refractivity contribution in [1.82, 2.24) is 5.32 Å². The van der Waals surface area contributed by atoms with Gasteiger partial charge in [-0.1, -0.05) is 180 Å². The van der Waals surface area contributed by atoms with Crippen molar-refractivity contribution in [3.8, 4) is 0 Å². The number of aliphatic carboxylic acids is 1. The van der Waals surface area contributed by atoms with Crippen LogP contribution in [0.1, 0.15) is 189 Å². The molecule has 1 aromatic carbocycles. The molecule has 0 bridgehead atoms. The summed E-state index contributed by atoms with van der Waals surface area (Å²) in [4.78, 5) is 114. The van der Waals surface area contributed by atoms with Crippen LogP contribution in [-0.4, -0.2) is 297 Å². The Kier molecular flexibility index (Phi) is 100. The summed E-state index contributed by atoms with van der Waals surface area (Å²) in [5.74, 6) is -7.38. The van der Waals surface area contributed by atoms with Crippen LogP contribution in [0.4, 0.5) is 0 Å². The van der Waals surface area contributed by atoms with Crippen LogP contribution in [0, 0.1) is 5.92 Å². The van der Waals surface area contributed by atoms with E-state index >= 15 is 0 Å². The first-order valence-electron chi connectivity index (χ1n) is 35.6. The van der Waals surface area contributed by atoms with E-state index < -0.39 is 145 Å². The molecule has 0 aromatic heterocycles. The fraction of sp³-hybridized carbons (Fsp3) is 0.636. The van der Waals surface area contributed by atoms with Gasteiger partial charge in [0.25, 0.3) is 0 Å². The second-order valence-corrected chi connectivity index (χ2v) is 24.8. The maximum Gasteiger partial charge on any atom is 0.335 e. The molecule has 36 nitrogen and oxygen atoms in total. The molecule has 0 spiro atoms. The number of ether oxygens (including phenoxy) is 15. The number of benzene rings is 1. The molecule has 125 heavy (non-hydrogen) atoms. The number of hydrogen-bond donors (Lipinski definition) is 10. The van der Waals surface area contributed by atoms with Crippen molar-refractivity contribution in [2.75, 3.05) is 79.7 Å². The lowest BCUT2D eigenvalue weighted by Crippen LogP contribution is -2.69. The average Bonchev–Trinajstić information content (AvgIpc) is 0.753. The van der Waals surface area contributed by atoms with Crippen molar-refractivity contribution in [2.45, 2.75) is 287 Å². The molecular formula is C88H162BNO35. The molecule has 3 fully saturated rings. The number of aliphatic hydroxyl groups excluding tert-OH is 7. The fourth-order valence-electron chi connectivity index (χ4n) is 9.12. The second kappa shape index (κ2) is 84.7. The fourth-order valence-corrected chi connectivity index (χ4v) is 9.12. The average molecular weight is 1810 g/mol. The number of carbonyl (C=O) groups is 10. The zero-order valence-corrected chi connectivity index (χ0v) is 65.6. The number of hydrogen-bond acceptors (Lipinski definition) is 34. The Bertz CT molecular complexity index is 3090. The second-order valence-electron chi connectivity index (χ2n) is 24.8. The summed E-state index contributed by atoms with van der Waals surface area (Å²) in [5, 5.41) is 88.4. The SMILES string of the molecule is C.C.C.C.C.C.C.C.C.C.C.C.C=C(C)C(=O)OCCOC(=O)C(=C)C.C=CC(=O)NCC1OC(C)CC(CC(O)CC)O1.C=CC(=O)OCC(CO)OC(C)CC(O)CC.C=CC(=O)OCCOC(=O)C=C.CC(O)COC(=O)C=CC(=O)OCCOO.[B][C@@]1(O[C@@H]2OC(C(=O)O)C(OC)[C@H](O)C2OC(=O)C=Cc2ccccc2)C(O)C(CO)O[C@@H](C)C1C. The Morgan fingerprint density at radius 1 is 0.608 bits per heavy atom. The van der Waals surface area contributed by atoms with Gasteiger partial charge in [-0.05, 0) is 91.4 Å². The van der Waals surface area contributed by atoms with Crippen LogP contribution in [-0.2, 0) is 124 Å². The lowest BCUT2D eigenvalue weighted by atomic mass is 9.63. The molecule has 4 rings (SSSR count). The molecule has 1 amide bonds. The van der Waals surface area contributed by atoms with E-state index in [4.69, 9.17) is 65.9 Å². The Balaban J connectivity index is -0.000000101. The first-order chi connectivity index (χ1) is 53.3. The van der Waals surface area contributed by atoms with Crippen LogP contribution in [0.3, 0.4) is 0 Å². The van der Waals surface area contributed by atoms with E-state index in [1.165, 1.54) is 26.2 Å². The Labute approximate surface area is 747 Å². The molecular weight excluding hydrogens is 1640 g/mol. The van der Waals surface area contributed by atoms with Gasteiger partial charge < -0.3 is 117 Å². The molecule has 0 saturated carbocycles. The zero-order valence-electron chi connectivity index (χ0n) is 65.6. The summed E-state index contributed by atoms with van der Waals surface area (Å²) in [6.07, 6.45) is -2.10. The van der Waals surface area contributed by atoms with Crippen LogP contribution in [0.5, 0.6) is 0 Å². The summed E-state index contributed by atoms with van der Waals surface area (Å²) >= 11 is 0. The number of nitrogens with one attached hydrogen (secondary N) is 1. The highest BCUT2D eigenvalue weighted by Crippen LogP contribution is 2.39. The van der Waals surface area contributed by atoms with E-state index in [0.29, 0.717) is 48.9 Å². The lowest BCUT2D eigenvalue weighted by Gasteiger charge is -2.53. The largest absolute Gasteiger partial charge is 0.479 e. The van der Waals surface area contributed by atoms with Crippen molar-refractivity contribution < 1.29 is 170 Å². The van der Waals surface area contributed by atoms with Gasteiger partial charge in [-0.2, -0.15) is 0 Å². The standard InChI is InChI=1S/C24H31BO11.C13H23NO4.C12H22O5.C10H14O4.C9H14O7.C8H10O4.12CH4/c1-12-13(2)33-15(11-26)21(29)24(12,25)36-23-19(17(28)18(32-3)20(35-23)22(30)31)34-16(27)10-9-14-7-5-4-6-8-14;1-4-10(15)7-11-6-9(3)17-13(18-11)8-14-12(16)5-2;1-4-10(14)6-9(3)17-11(7-13)8-16-12(15)5-2;1-7(2)9(11)13-5-6-14-10(12)8(3)4;1-7(10)6-15-9(12)3-2-8(11)14-4-5-16-13;1-3-7(9)11-5-6-12-8(10)4-2;;;;;;;;;;;;/h4-10,12-13,15,17-21,23,26,28-29H,11H2,1-3H3,(H,30,31);5,9-11,13,15H,2,4,6-8H2,1,3H3,(H,14,16);5,9-11,13-14H,2,4,6-8H2,1,3H3;1,3,5-6H2,2,4H3;2-3,7,10,13H,4-6H2,1H3;3-4H,1-2,5-6H2;12*1H4/t12?,13-,15?,17-,18?,19?,20?,21?,23-,24-;;;;;;;;;;;;;;;;;/m0................./s1. The van der Waals surface area contributed by atoms with Gasteiger partial charge in [-0.15, -0.1) is 0 Å². The topological polar surface area (TPSA) is 512 Å². The number of carbonyl (C=O) groups excluding carboxylic acids is 9. The van der Waals surface area contributed by atoms with Crippen LogP contribution in [0.25, 0.3) is 6.08 Å². The number of aliphatic hydroxyl groups is 7. The maximum atomic E-state index is 12.6. The van der Waals surface area contributed by atoms with E-state index in [0.717, 1.165) is 42.9 Å². The van der Waals surface area contributed by atoms with Gasteiger partial charge in [0.1, 0.15) is 91.2 Å². The molecule has 3 aliphatic heterocycles. The highest BCUT2D eigenvalue weighted by molar-refractivity contribution is 6.15. The minimum atomic E-state index is -1.93. The van der Waals surface area contributed by atoms with Gasteiger partial charge in [0.05, 0.1) is 68.0 Å². The summed E-state index contributed by atoms with van der Waals surface area (Å²) < 4.78 is 76.5. The Morgan fingerprint density at radius 3 is 1.50 bits per heavy atom. The minimum absolute atomic E-state index is 0. The van der Waals surface area contributed by atoms with Crippen LogP contribution >= 0.6 is 0 Å². The molecule has 18 atom stereocenters. The van der Waals surface area contributed by atoms with Crippen molar-refractivity contribution >= 4 is 73.6 Å². The van der Waals surface area contributed by atoms with Gasteiger partial charge in [-0.25, -0.2) is 48.0 Å². The molecule has 1 aromatic rings. The third-order valence-corrected chi connectivity index (χ3v) is 15.3. The van der Waals surface area contributed by atoms with Crippen LogP contribution < -0.4 is 5.32 Å². The third kappa shape index (κ3) is 65.5. The minimum Gasteiger partial charge on any atom is -0.479 e. The molecule has 3 aliphatic rings. The molecule has 3 heterocycles. The number of carboxylic acid groups (broad SMARTS) is 1. The maximum absolute atomic E-state index is 12.6. The molecule has 0 aliphatic carbocycles. The molecule has 14 unspecified atom stereocenters. The van der Waals surface area contributed by atoms with Gasteiger partial charge in [-0.3, -0.25) is 10.1 Å². The van der Waals surface area contributed by atoms with Crippen LogP contribution in [0.2, 0.25) is 0 Å². The normalized spacial score (nSPS) is 21.1. The van der Waals surface area contributed by atoms with Gasteiger partial charge in [0.15, 0.2) is 24.8 Å². The smallest absolute Gasteiger partial charge is 0.335 e. The van der Waals surface area contributed by atoms with Crippen molar-refractivity contribution in [3.05, 3.63) is 129 Å². The number of esters is 8. The molecule has 37 heteroatoms. The zero-order chi connectivity index (χ0) is 86.3. The number of rotatable bonds is 40. The first-order valence-corrected chi connectivity index (χ1v) is 35.6. The first kappa shape index (κ1) is 148. The summed E-state index contributed by atoms with van der Waals surface area (Å²) in [5.41, 5.74) is -0.580. The lowest BCUT2D eigenvalue weighted by molar-refractivity contribution is -0.342. The van der Waals surface area contributed by atoms with E-state index in [1.807, 2.05) is 26.8 Å². The summed E-state index contributed by atoms with van der Waals surface area (Å²) in [7, 11) is 7.61. The third-order valence-electron chi connectivity index (χ3n) is 15.3. The quantitative estimate of drug-likeness (QED) is 0.00555. The molecule has 732 valence electrons. The van der Waals surface area contributed by atoms with Gasteiger partial charge in [0, 0.05) is 60.6 Å². The molecule has 10 N–H and O–H groups in total. The van der Waals surface area contributed by atoms with Crippen LogP contribution in [0.15, 0.2) is 123 Å². The van der Waals surface area contributed by atoms with E-state index in [1.54, 1.807) is 58.9 Å². The number of amides is 1. The van der Waals surface area contributed by atoms with E-state index in [-0.39, 0.29) is 179 Å². The van der Waals surface area contributed by atoms with Crippen molar-refractivity contribution in [3.63, 3.8) is 0 Å². The van der Waals surface area contributed by atoms with E-state index in [9.17, 15) is 78.6 Å². The summed E-state index contributed by atoms with van der Waals surface area (Å²) in [6.45, 7) is 34.4. The number of carboxylic acids is 1. The number of methoxy groups -OCH3 is 1.